The van der Waals surface area contributed by atoms with Crippen molar-refractivity contribution in [3.05, 3.63) is 59.9 Å². The number of nitrogens with one attached hydrogen (secondary N) is 3. The van der Waals surface area contributed by atoms with E-state index in [1.807, 2.05) is 31.2 Å². The number of H-pyrrole nitrogens is 2. The van der Waals surface area contributed by atoms with E-state index in [4.69, 9.17) is 0 Å². The van der Waals surface area contributed by atoms with Gasteiger partial charge in [-0.05, 0) is 43.7 Å². The van der Waals surface area contributed by atoms with Crippen molar-refractivity contribution in [2.24, 2.45) is 5.92 Å². The van der Waals surface area contributed by atoms with E-state index in [1.165, 1.54) is 12.1 Å². The molecule has 7 heteroatoms. The normalized spacial score (nSPS) is 20.1. The molecule has 0 radical (unpaired) electrons. The molecule has 0 unspecified atom stereocenters. The van der Waals surface area contributed by atoms with Gasteiger partial charge in [-0.3, -0.25) is 4.79 Å². The second-order valence-corrected chi connectivity index (χ2v) is 7.10. The molecule has 6 nitrogen and oxygen atoms in total. The number of rotatable bonds is 4. The van der Waals surface area contributed by atoms with Crippen LogP contribution >= 0.6 is 0 Å². The van der Waals surface area contributed by atoms with Crippen LogP contribution < -0.4 is 5.32 Å². The van der Waals surface area contributed by atoms with Gasteiger partial charge in [0.05, 0.1) is 28.1 Å². The molecule has 0 saturated heterocycles. The summed E-state index contributed by atoms with van der Waals surface area (Å²) < 4.78 is 13.3. The number of carbonyl (C=O) groups excluding carboxylic acids is 1. The number of aromatic nitrogens is 4. The molecule has 27 heavy (non-hydrogen) atoms. The highest BCUT2D eigenvalue weighted by Gasteiger charge is 2.46. The Morgan fingerprint density at radius 1 is 1.15 bits per heavy atom. The highest BCUT2D eigenvalue weighted by atomic mass is 19.1. The highest BCUT2D eigenvalue weighted by Crippen LogP contribution is 2.47. The minimum atomic E-state index is -0.318. The smallest absolute Gasteiger partial charge is 0.224 e. The summed E-state index contributed by atoms with van der Waals surface area (Å²) in [5.41, 5.74) is 3.21. The Balaban J connectivity index is 1.28. The number of fused-ring (bicyclic) bond motifs is 2. The van der Waals surface area contributed by atoms with Gasteiger partial charge in [-0.2, -0.15) is 0 Å². The average molecular weight is 363 g/mol. The van der Waals surface area contributed by atoms with Crippen LogP contribution in [0, 0.1) is 11.7 Å². The van der Waals surface area contributed by atoms with E-state index in [-0.39, 0.29) is 29.6 Å². The van der Waals surface area contributed by atoms with Gasteiger partial charge in [-0.1, -0.05) is 12.1 Å². The number of nitrogens with zero attached hydrogens (tertiary/aromatic N) is 2. The third kappa shape index (κ3) is 2.85. The molecule has 0 bridgehead atoms. The van der Waals surface area contributed by atoms with Gasteiger partial charge in [0, 0.05) is 11.8 Å². The van der Waals surface area contributed by atoms with Gasteiger partial charge < -0.3 is 15.3 Å². The van der Waals surface area contributed by atoms with E-state index in [9.17, 15) is 9.18 Å². The molecule has 2 aromatic carbocycles. The van der Waals surface area contributed by atoms with Crippen LogP contribution in [0.5, 0.6) is 0 Å². The summed E-state index contributed by atoms with van der Waals surface area (Å²) in [5.74, 6) is 1.18. The van der Waals surface area contributed by atoms with Crippen LogP contribution in [0.4, 0.5) is 4.39 Å². The number of para-hydroxylation sites is 2. The van der Waals surface area contributed by atoms with Crippen molar-refractivity contribution in [1.82, 2.24) is 25.3 Å². The van der Waals surface area contributed by atoms with E-state index in [0.29, 0.717) is 16.9 Å². The van der Waals surface area contributed by atoms with Crippen molar-refractivity contribution in [2.45, 2.75) is 25.3 Å². The van der Waals surface area contributed by atoms with E-state index in [2.05, 4.69) is 25.3 Å². The summed E-state index contributed by atoms with van der Waals surface area (Å²) in [6.45, 7) is 1.87. The zero-order valence-corrected chi connectivity index (χ0v) is 14.7. The van der Waals surface area contributed by atoms with E-state index < -0.39 is 0 Å². The molecule has 0 aliphatic heterocycles. The standard InChI is InChI=1S/C20H18FN5O/c1-10(18-23-16-7-6-11(21)8-17(16)26-18)22-20(27)13-9-12(13)19-24-14-4-2-3-5-15(14)25-19/h2-8,10,12-13H,9H2,1H3,(H,22,27)(H,23,26)(H,24,25)/t10-,12-,13-/m0/s1. The summed E-state index contributed by atoms with van der Waals surface area (Å²) in [4.78, 5) is 28.0. The van der Waals surface area contributed by atoms with Crippen LogP contribution in [0.25, 0.3) is 22.1 Å². The van der Waals surface area contributed by atoms with Crippen LogP contribution in [0.15, 0.2) is 42.5 Å². The summed E-state index contributed by atoms with van der Waals surface area (Å²) in [5, 5.41) is 3.00. The highest BCUT2D eigenvalue weighted by molar-refractivity contribution is 5.84. The fourth-order valence-corrected chi connectivity index (χ4v) is 3.53. The molecule has 136 valence electrons. The molecule has 1 aliphatic carbocycles. The minimum absolute atomic E-state index is 0.0143. The number of benzene rings is 2. The monoisotopic (exact) mass is 363 g/mol. The molecule has 1 saturated carbocycles. The first kappa shape index (κ1) is 16.0. The van der Waals surface area contributed by atoms with Crippen LogP contribution in [0.2, 0.25) is 0 Å². The molecular formula is C20H18FN5O. The number of imidazole rings is 2. The Hall–Kier alpha value is -3.22. The van der Waals surface area contributed by atoms with Crippen LogP contribution in [-0.4, -0.2) is 25.8 Å². The van der Waals surface area contributed by atoms with Crippen molar-refractivity contribution in [2.75, 3.05) is 0 Å². The summed E-state index contributed by atoms with van der Waals surface area (Å²) in [6, 6.07) is 12.0. The molecule has 3 N–H and O–H groups in total. The summed E-state index contributed by atoms with van der Waals surface area (Å²) in [7, 11) is 0. The van der Waals surface area contributed by atoms with Crippen LogP contribution in [0.1, 0.15) is 37.0 Å². The minimum Gasteiger partial charge on any atom is -0.346 e. The van der Waals surface area contributed by atoms with Gasteiger partial charge in [0.2, 0.25) is 5.91 Å². The fraction of sp³-hybridized carbons (Fsp3) is 0.250. The Morgan fingerprint density at radius 3 is 2.81 bits per heavy atom. The Labute approximate surface area is 154 Å². The van der Waals surface area contributed by atoms with Gasteiger partial charge in [-0.15, -0.1) is 0 Å². The second kappa shape index (κ2) is 5.90. The maximum Gasteiger partial charge on any atom is 0.224 e. The SMILES string of the molecule is C[C@H](NC(=O)[C@H]1C[C@@H]1c1nc2ccccc2[nH]1)c1nc2ccc(F)cc2[nH]1. The van der Waals surface area contributed by atoms with Crippen LogP contribution in [-0.2, 0) is 4.79 Å². The lowest BCUT2D eigenvalue weighted by molar-refractivity contribution is -0.123. The zero-order valence-electron chi connectivity index (χ0n) is 14.7. The first-order valence-corrected chi connectivity index (χ1v) is 8.98. The average Bonchev–Trinajstić information content (AvgIpc) is 3.16. The first-order valence-electron chi connectivity index (χ1n) is 8.98. The third-order valence-electron chi connectivity index (χ3n) is 5.12. The quantitative estimate of drug-likeness (QED) is 0.518. The predicted molar refractivity (Wildman–Crippen MR) is 99.6 cm³/mol. The van der Waals surface area contributed by atoms with E-state index >= 15 is 0 Å². The largest absolute Gasteiger partial charge is 0.346 e. The third-order valence-corrected chi connectivity index (χ3v) is 5.12. The number of amides is 1. The molecule has 1 amide bonds. The Bertz CT molecular complexity index is 1130. The summed E-state index contributed by atoms with van der Waals surface area (Å²) >= 11 is 0. The lowest BCUT2D eigenvalue weighted by Crippen LogP contribution is -2.29. The maximum absolute atomic E-state index is 13.3. The number of hydrogen-bond donors (Lipinski definition) is 3. The molecule has 5 rings (SSSR count). The Kier molecular flexibility index (Phi) is 3.50. The van der Waals surface area contributed by atoms with E-state index in [1.54, 1.807) is 6.07 Å². The molecule has 1 aliphatic rings. The topological polar surface area (TPSA) is 86.5 Å². The van der Waals surface area contributed by atoms with Crippen molar-refractivity contribution in [3.63, 3.8) is 0 Å². The van der Waals surface area contributed by atoms with E-state index in [0.717, 1.165) is 23.3 Å². The van der Waals surface area contributed by atoms with Gasteiger partial charge in [0.1, 0.15) is 17.5 Å². The number of hydrogen-bond acceptors (Lipinski definition) is 3. The number of aromatic amines is 2. The van der Waals surface area contributed by atoms with Crippen molar-refractivity contribution in [3.8, 4) is 0 Å². The fourth-order valence-electron chi connectivity index (χ4n) is 3.53. The molecule has 4 aromatic rings. The van der Waals surface area contributed by atoms with Gasteiger partial charge in [0.15, 0.2) is 0 Å². The van der Waals surface area contributed by atoms with Crippen molar-refractivity contribution < 1.29 is 9.18 Å². The summed E-state index contributed by atoms with van der Waals surface area (Å²) in [6.07, 6.45) is 0.781. The molecule has 0 spiro atoms. The van der Waals surface area contributed by atoms with Crippen molar-refractivity contribution in [1.29, 1.82) is 0 Å². The lowest BCUT2D eigenvalue weighted by Gasteiger charge is -2.11. The Morgan fingerprint density at radius 2 is 1.96 bits per heavy atom. The predicted octanol–water partition coefficient (Wildman–Crippen LogP) is 3.56. The van der Waals surface area contributed by atoms with Gasteiger partial charge >= 0.3 is 0 Å². The number of carbonyl (C=O) groups is 1. The zero-order chi connectivity index (χ0) is 18.5. The lowest BCUT2D eigenvalue weighted by atomic mass is 10.2. The van der Waals surface area contributed by atoms with Crippen LogP contribution in [0.3, 0.4) is 0 Å². The van der Waals surface area contributed by atoms with Gasteiger partial charge in [0.25, 0.3) is 0 Å². The first-order chi connectivity index (χ1) is 13.1. The second-order valence-electron chi connectivity index (χ2n) is 7.10. The van der Waals surface area contributed by atoms with Crippen molar-refractivity contribution >= 4 is 28.0 Å². The molecule has 2 heterocycles. The molecular weight excluding hydrogens is 345 g/mol. The number of halogens is 1. The molecule has 2 aromatic heterocycles. The molecule has 3 atom stereocenters. The maximum atomic E-state index is 13.3. The molecule has 1 fully saturated rings. The van der Waals surface area contributed by atoms with Gasteiger partial charge in [-0.25, -0.2) is 14.4 Å².